The minimum atomic E-state index is -0.571. The summed E-state index contributed by atoms with van der Waals surface area (Å²) in [5, 5.41) is 11.4. The zero-order chi connectivity index (χ0) is 16.5. The molecule has 3 aliphatic heterocycles. The van der Waals surface area contributed by atoms with E-state index in [1.807, 2.05) is 0 Å². The Hall–Kier alpha value is -2.54. The molecule has 0 aromatic heterocycles. The first-order valence-electron chi connectivity index (χ1n) is 7.37. The van der Waals surface area contributed by atoms with Crippen LogP contribution in [-0.2, 0) is 14.3 Å². The van der Waals surface area contributed by atoms with Gasteiger partial charge in [0.05, 0.1) is 29.0 Å². The molecule has 3 heterocycles. The maximum Gasteiger partial charge on any atom is 0.293 e. The number of hydrogen-bond acceptors (Lipinski definition) is 5. The van der Waals surface area contributed by atoms with E-state index in [1.165, 1.54) is 6.07 Å². The van der Waals surface area contributed by atoms with Gasteiger partial charge in [-0.05, 0) is 31.0 Å². The lowest BCUT2D eigenvalue weighted by atomic mass is 9.85. The van der Waals surface area contributed by atoms with Gasteiger partial charge in [0.25, 0.3) is 5.69 Å². The van der Waals surface area contributed by atoms with Crippen molar-refractivity contribution in [1.82, 2.24) is 0 Å². The molecule has 0 unspecified atom stereocenters. The molecular weight excluding hydrogens is 300 g/mol. The molecule has 0 saturated carbocycles. The van der Waals surface area contributed by atoms with E-state index < -0.39 is 40.8 Å². The topological polar surface area (TPSA) is 89.8 Å². The minimum absolute atomic E-state index is 0.0573. The highest BCUT2D eigenvalue weighted by Crippen LogP contribution is 2.47. The van der Waals surface area contributed by atoms with Crippen molar-refractivity contribution in [2.24, 2.45) is 11.8 Å². The van der Waals surface area contributed by atoms with Gasteiger partial charge < -0.3 is 4.74 Å². The van der Waals surface area contributed by atoms with Gasteiger partial charge in [-0.15, -0.1) is 0 Å². The zero-order valence-corrected chi connectivity index (χ0v) is 12.6. The Morgan fingerprint density at radius 2 is 1.57 bits per heavy atom. The molecule has 7 nitrogen and oxygen atoms in total. The molecule has 0 N–H and O–H groups in total. The van der Waals surface area contributed by atoms with Gasteiger partial charge in [0, 0.05) is 6.07 Å². The second-order valence-electron chi connectivity index (χ2n) is 6.20. The third-order valence-electron chi connectivity index (χ3n) is 4.94. The molecule has 2 amide bonds. The second-order valence-corrected chi connectivity index (χ2v) is 6.20. The summed E-state index contributed by atoms with van der Waals surface area (Å²) in [4.78, 5) is 37.2. The Labute approximate surface area is 131 Å². The van der Waals surface area contributed by atoms with Crippen LogP contribution in [-0.4, -0.2) is 28.9 Å². The Kier molecular flexibility index (Phi) is 2.74. The van der Waals surface area contributed by atoms with Crippen molar-refractivity contribution in [1.29, 1.82) is 0 Å². The lowest BCUT2D eigenvalue weighted by Gasteiger charge is -2.18. The van der Waals surface area contributed by atoms with Crippen molar-refractivity contribution in [3.8, 4) is 0 Å². The number of fused-ring (bicyclic) bond motifs is 5. The van der Waals surface area contributed by atoms with Crippen molar-refractivity contribution < 1.29 is 19.2 Å². The van der Waals surface area contributed by atoms with Gasteiger partial charge in [-0.1, -0.05) is 12.2 Å². The van der Waals surface area contributed by atoms with E-state index in [2.05, 4.69) is 0 Å². The lowest BCUT2D eigenvalue weighted by Crippen LogP contribution is -2.35. The molecule has 4 rings (SSSR count). The van der Waals surface area contributed by atoms with Crippen LogP contribution < -0.4 is 4.90 Å². The number of imide groups is 1. The highest BCUT2D eigenvalue weighted by atomic mass is 16.6. The van der Waals surface area contributed by atoms with Crippen LogP contribution in [0.3, 0.4) is 0 Å². The van der Waals surface area contributed by atoms with E-state index in [9.17, 15) is 19.7 Å². The summed E-state index contributed by atoms with van der Waals surface area (Å²) >= 11 is 0. The predicted molar refractivity (Wildman–Crippen MR) is 79.8 cm³/mol. The van der Waals surface area contributed by atoms with Gasteiger partial charge in [-0.2, -0.15) is 0 Å². The summed E-state index contributed by atoms with van der Waals surface area (Å²) in [5.41, 5.74) is 1.36. The maximum absolute atomic E-state index is 12.7. The molecule has 2 fully saturated rings. The molecular formula is C16H14N2O5. The molecule has 7 heteroatoms. The molecule has 1 aromatic carbocycles. The number of benzene rings is 1. The highest BCUT2D eigenvalue weighted by Gasteiger charge is 2.61. The fourth-order valence-corrected chi connectivity index (χ4v) is 3.65. The molecule has 1 aromatic rings. The Balaban J connectivity index is 1.84. The largest absolute Gasteiger partial charge is 0.365 e. The molecule has 2 bridgehead atoms. The van der Waals surface area contributed by atoms with Gasteiger partial charge in [-0.3, -0.25) is 19.7 Å². The van der Waals surface area contributed by atoms with Crippen molar-refractivity contribution in [2.45, 2.75) is 26.1 Å². The van der Waals surface area contributed by atoms with Crippen LogP contribution in [0.25, 0.3) is 0 Å². The first-order chi connectivity index (χ1) is 10.9. The van der Waals surface area contributed by atoms with Crippen LogP contribution in [0.15, 0.2) is 24.3 Å². The Morgan fingerprint density at radius 1 is 1.04 bits per heavy atom. The second kappa shape index (κ2) is 4.48. The quantitative estimate of drug-likeness (QED) is 0.358. The minimum Gasteiger partial charge on any atom is -0.365 e. The van der Waals surface area contributed by atoms with Crippen LogP contribution in [0.4, 0.5) is 11.4 Å². The molecule has 23 heavy (non-hydrogen) atoms. The van der Waals surface area contributed by atoms with Crippen LogP contribution in [0.1, 0.15) is 11.1 Å². The Morgan fingerprint density at radius 3 is 2.09 bits per heavy atom. The van der Waals surface area contributed by atoms with E-state index in [0.717, 1.165) is 16.0 Å². The number of hydrogen-bond donors (Lipinski definition) is 0. The fourth-order valence-electron chi connectivity index (χ4n) is 3.65. The maximum atomic E-state index is 12.7. The Bertz CT molecular complexity index is 770. The number of nitrogens with zero attached hydrogens (tertiary/aromatic N) is 2. The van der Waals surface area contributed by atoms with Crippen LogP contribution in [0.2, 0.25) is 0 Å². The first kappa shape index (κ1) is 14.1. The molecule has 0 radical (unpaired) electrons. The number of nitro groups is 1. The summed E-state index contributed by atoms with van der Waals surface area (Å²) in [6, 6.07) is 2.95. The normalized spacial score (nSPS) is 31.1. The van der Waals surface area contributed by atoms with Crippen LogP contribution >= 0.6 is 0 Å². The number of anilines is 1. The predicted octanol–water partition coefficient (Wildman–Crippen LogP) is 1.65. The number of aryl methyl sites for hydroxylation is 2. The van der Waals surface area contributed by atoms with E-state index in [-0.39, 0.29) is 11.4 Å². The number of ether oxygens (including phenoxy) is 1. The molecule has 0 spiro atoms. The molecule has 2 saturated heterocycles. The fraction of sp³-hybridized carbons (Fsp3) is 0.375. The van der Waals surface area contributed by atoms with Crippen molar-refractivity contribution >= 4 is 23.2 Å². The number of nitro benzene ring substituents is 1. The van der Waals surface area contributed by atoms with Crippen molar-refractivity contribution in [2.75, 3.05) is 4.90 Å². The number of amides is 2. The summed E-state index contributed by atoms with van der Waals surface area (Å²) < 4.78 is 5.57. The highest BCUT2D eigenvalue weighted by molar-refractivity contribution is 6.24. The van der Waals surface area contributed by atoms with Gasteiger partial charge >= 0.3 is 0 Å². The molecule has 3 aliphatic rings. The third-order valence-corrected chi connectivity index (χ3v) is 4.94. The SMILES string of the molecule is Cc1cc(N2C(=O)[C@H]3[C@H](C2=O)[C@H]2C=C[C@H]3O2)c([N+](=O)[O-])cc1C. The average molecular weight is 314 g/mol. The third kappa shape index (κ3) is 1.74. The smallest absolute Gasteiger partial charge is 0.293 e. The molecule has 4 atom stereocenters. The molecule has 118 valence electrons. The zero-order valence-electron chi connectivity index (χ0n) is 12.6. The van der Waals surface area contributed by atoms with Gasteiger partial charge in [0.15, 0.2) is 0 Å². The lowest BCUT2D eigenvalue weighted by molar-refractivity contribution is -0.384. The van der Waals surface area contributed by atoms with Gasteiger partial charge in [-0.25, -0.2) is 4.90 Å². The van der Waals surface area contributed by atoms with E-state index >= 15 is 0 Å². The van der Waals surface area contributed by atoms with Gasteiger partial charge in [0.1, 0.15) is 5.69 Å². The standard InChI is InChI=1S/C16H14N2O5/c1-7-5-9(10(18(21)22)6-8(7)2)17-15(19)13-11-3-4-12(23-11)14(13)16(17)20/h3-6,11-14H,1-2H3/t11-,12-,13-,14-/m1/s1. The van der Waals surface area contributed by atoms with E-state index in [4.69, 9.17) is 4.74 Å². The van der Waals surface area contributed by atoms with Crippen LogP contribution in [0, 0.1) is 35.8 Å². The van der Waals surface area contributed by atoms with Crippen molar-refractivity contribution in [3.63, 3.8) is 0 Å². The van der Waals surface area contributed by atoms with Crippen LogP contribution in [0.5, 0.6) is 0 Å². The van der Waals surface area contributed by atoms with Gasteiger partial charge in [0.2, 0.25) is 11.8 Å². The number of rotatable bonds is 2. The first-order valence-corrected chi connectivity index (χ1v) is 7.37. The summed E-state index contributed by atoms with van der Waals surface area (Å²) in [5.74, 6) is -1.97. The monoisotopic (exact) mass is 314 g/mol. The van der Waals surface area contributed by atoms with Crippen molar-refractivity contribution in [3.05, 3.63) is 45.5 Å². The number of carbonyl (C=O) groups is 2. The van der Waals surface area contributed by atoms with E-state index in [1.54, 1.807) is 32.1 Å². The summed E-state index contributed by atoms with van der Waals surface area (Å²) in [6.45, 7) is 3.55. The summed E-state index contributed by atoms with van der Waals surface area (Å²) in [6.07, 6.45) is 2.76. The average Bonchev–Trinajstić information content (AvgIpc) is 3.16. The summed E-state index contributed by atoms with van der Waals surface area (Å²) in [7, 11) is 0. The number of carbonyl (C=O) groups excluding carboxylic acids is 2. The van der Waals surface area contributed by atoms with E-state index in [0.29, 0.717) is 0 Å². The molecule has 0 aliphatic carbocycles.